The number of thioether (sulfide) groups is 1. The number of aromatic nitrogens is 3. The second-order valence-electron chi connectivity index (χ2n) is 6.28. The molecular weight excluding hydrogens is 332 g/mol. The summed E-state index contributed by atoms with van der Waals surface area (Å²) in [6, 6.07) is 9.99. The van der Waals surface area contributed by atoms with Gasteiger partial charge in [0.15, 0.2) is 5.16 Å². The summed E-state index contributed by atoms with van der Waals surface area (Å²) in [5.41, 5.74) is 1.02. The van der Waals surface area contributed by atoms with E-state index in [0.29, 0.717) is 19.0 Å². The summed E-state index contributed by atoms with van der Waals surface area (Å²) < 4.78 is 2.17. The lowest BCUT2D eigenvalue weighted by atomic mass is 10.1. The molecule has 6 heteroatoms. The van der Waals surface area contributed by atoms with E-state index in [2.05, 4.69) is 21.7 Å². The van der Waals surface area contributed by atoms with Gasteiger partial charge in [-0.15, -0.1) is 10.2 Å². The fourth-order valence-corrected chi connectivity index (χ4v) is 4.22. The van der Waals surface area contributed by atoms with Gasteiger partial charge in [0.25, 0.3) is 0 Å². The van der Waals surface area contributed by atoms with Crippen LogP contribution in [0.1, 0.15) is 56.2 Å². The summed E-state index contributed by atoms with van der Waals surface area (Å²) in [6.45, 7) is 8.42. The third-order valence-corrected chi connectivity index (χ3v) is 5.85. The van der Waals surface area contributed by atoms with Gasteiger partial charge >= 0.3 is 0 Å². The predicted molar refractivity (Wildman–Crippen MR) is 101 cm³/mol. The second-order valence-corrected chi connectivity index (χ2v) is 7.35. The number of likely N-dealkylation sites (N-methyl/N-ethyl adjacent to an activating group) is 1. The Bertz CT molecular complexity index is 707. The fraction of sp³-hybridized carbons (Fsp3) is 0.526. The van der Waals surface area contributed by atoms with Gasteiger partial charge in [-0.1, -0.05) is 42.1 Å². The van der Waals surface area contributed by atoms with Gasteiger partial charge in [0.1, 0.15) is 11.1 Å². The quantitative estimate of drug-likeness (QED) is 0.672. The SMILES string of the molecule is CCN(CC)C(=O)C(Sc1nnc(C2CC2)n1CC)c1ccccc1. The van der Waals surface area contributed by atoms with Gasteiger partial charge in [-0.2, -0.15) is 0 Å². The monoisotopic (exact) mass is 358 g/mol. The molecule has 0 bridgehead atoms. The van der Waals surface area contributed by atoms with Gasteiger partial charge in [-0.3, -0.25) is 4.79 Å². The van der Waals surface area contributed by atoms with E-state index >= 15 is 0 Å². The molecule has 134 valence electrons. The van der Waals surface area contributed by atoms with Crippen molar-refractivity contribution in [2.24, 2.45) is 0 Å². The molecule has 0 saturated heterocycles. The first kappa shape index (κ1) is 18.0. The van der Waals surface area contributed by atoms with Crippen molar-refractivity contribution in [1.82, 2.24) is 19.7 Å². The Morgan fingerprint density at radius 2 is 1.88 bits per heavy atom. The van der Waals surface area contributed by atoms with E-state index in [0.717, 1.165) is 23.1 Å². The van der Waals surface area contributed by atoms with Crippen molar-refractivity contribution in [2.45, 2.75) is 56.5 Å². The molecule has 0 spiro atoms. The zero-order chi connectivity index (χ0) is 17.8. The van der Waals surface area contributed by atoms with E-state index in [-0.39, 0.29) is 11.2 Å². The maximum atomic E-state index is 13.1. The minimum absolute atomic E-state index is 0.139. The van der Waals surface area contributed by atoms with Crippen LogP contribution in [0.4, 0.5) is 0 Å². The molecule has 1 aromatic carbocycles. The number of hydrogen-bond donors (Lipinski definition) is 0. The van der Waals surface area contributed by atoms with E-state index in [1.165, 1.54) is 24.6 Å². The van der Waals surface area contributed by atoms with Gasteiger partial charge < -0.3 is 9.47 Å². The van der Waals surface area contributed by atoms with Crippen molar-refractivity contribution in [3.8, 4) is 0 Å². The van der Waals surface area contributed by atoms with Crippen LogP contribution in [0.15, 0.2) is 35.5 Å². The Hall–Kier alpha value is -1.82. The number of benzene rings is 1. The zero-order valence-electron chi connectivity index (χ0n) is 15.2. The van der Waals surface area contributed by atoms with Crippen molar-refractivity contribution in [1.29, 1.82) is 0 Å². The first-order valence-electron chi connectivity index (χ1n) is 9.13. The van der Waals surface area contributed by atoms with Gasteiger partial charge in [-0.05, 0) is 39.2 Å². The average Bonchev–Trinajstić information content (AvgIpc) is 3.41. The average molecular weight is 359 g/mol. The van der Waals surface area contributed by atoms with E-state index in [9.17, 15) is 4.79 Å². The van der Waals surface area contributed by atoms with Gasteiger partial charge in [-0.25, -0.2) is 0 Å². The van der Waals surface area contributed by atoms with Crippen LogP contribution in [0.5, 0.6) is 0 Å². The topological polar surface area (TPSA) is 51.0 Å². The third-order valence-electron chi connectivity index (χ3n) is 4.63. The number of carbonyl (C=O) groups excluding carboxylic acids is 1. The highest BCUT2D eigenvalue weighted by atomic mass is 32.2. The molecule has 5 nitrogen and oxygen atoms in total. The summed E-state index contributed by atoms with van der Waals surface area (Å²) in [5.74, 6) is 1.77. The molecule has 1 heterocycles. The van der Waals surface area contributed by atoms with Crippen LogP contribution < -0.4 is 0 Å². The smallest absolute Gasteiger partial charge is 0.240 e. The highest BCUT2D eigenvalue weighted by Crippen LogP contribution is 2.42. The van der Waals surface area contributed by atoms with Crippen LogP contribution >= 0.6 is 11.8 Å². The molecule has 1 aliphatic rings. The van der Waals surface area contributed by atoms with Crippen molar-refractivity contribution >= 4 is 17.7 Å². The number of hydrogen-bond acceptors (Lipinski definition) is 4. The number of nitrogens with zero attached hydrogens (tertiary/aromatic N) is 4. The molecule has 0 radical (unpaired) electrons. The van der Waals surface area contributed by atoms with E-state index in [1.54, 1.807) is 0 Å². The second kappa shape index (κ2) is 8.04. The van der Waals surface area contributed by atoms with Crippen molar-refractivity contribution in [3.05, 3.63) is 41.7 Å². The Kier molecular flexibility index (Phi) is 5.78. The van der Waals surface area contributed by atoms with E-state index < -0.39 is 0 Å². The van der Waals surface area contributed by atoms with Crippen LogP contribution in [0, 0.1) is 0 Å². The van der Waals surface area contributed by atoms with Gasteiger partial charge in [0, 0.05) is 25.6 Å². The highest BCUT2D eigenvalue weighted by molar-refractivity contribution is 8.00. The molecule has 25 heavy (non-hydrogen) atoms. The number of rotatable bonds is 8. The van der Waals surface area contributed by atoms with Crippen LogP contribution in [-0.4, -0.2) is 38.7 Å². The van der Waals surface area contributed by atoms with E-state index in [4.69, 9.17) is 0 Å². The summed E-state index contributed by atoms with van der Waals surface area (Å²) in [4.78, 5) is 15.0. The Morgan fingerprint density at radius 1 is 1.20 bits per heavy atom. The summed E-state index contributed by atoms with van der Waals surface area (Å²) >= 11 is 1.52. The minimum Gasteiger partial charge on any atom is -0.342 e. The first-order chi connectivity index (χ1) is 12.2. The first-order valence-corrected chi connectivity index (χ1v) is 10.0. The summed E-state index contributed by atoms with van der Waals surface area (Å²) in [6.07, 6.45) is 2.40. The highest BCUT2D eigenvalue weighted by Gasteiger charge is 2.32. The molecule has 1 atom stereocenters. The van der Waals surface area contributed by atoms with Crippen LogP contribution in [0.2, 0.25) is 0 Å². The van der Waals surface area contributed by atoms with E-state index in [1.807, 2.05) is 49.1 Å². The normalized spacial score (nSPS) is 15.2. The maximum absolute atomic E-state index is 13.1. The third kappa shape index (κ3) is 3.89. The van der Waals surface area contributed by atoms with Crippen molar-refractivity contribution in [3.63, 3.8) is 0 Å². The molecule has 0 aliphatic heterocycles. The van der Waals surface area contributed by atoms with Crippen molar-refractivity contribution in [2.75, 3.05) is 13.1 Å². The Morgan fingerprint density at radius 3 is 2.44 bits per heavy atom. The molecular formula is C19H26N4OS. The summed E-state index contributed by atoms with van der Waals surface area (Å²) in [7, 11) is 0. The molecule has 1 aromatic heterocycles. The van der Waals surface area contributed by atoms with Crippen LogP contribution in [0.3, 0.4) is 0 Å². The Balaban J connectivity index is 1.91. The standard InChI is InChI=1S/C19H26N4OS/c1-4-22(5-2)18(24)16(14-10-8-7-9-11-14)25-19-21-20-17(15-12-13-15)23(19)6-3/h7-11,15-16H,4-6,12-13H2,1-3H3. The van der Waals surface area contributed by atoms with Crippen LogP contribution in [-0.2, 0) is 11.3 Å². The largest absolute Gasteiger partial charge is 0.342 e. The molecule has 3 rings (SSSR count). The lowest BCUT2D eigenvalue weighted by Gasteiger charge is -2.25. The Labute approximate surface area is 153 Å². The molecule has 1 fully saturated rings. The molecule has 2 aromatic rings. The van der Waals surface area contributed by atoms with Crippen LogP contribution in [0.25, 0.3) is 0 Å². The maximum Gasteiger partial charge on any atom is 0.240 e. The zero-order valence-corrected chi connectivity index (χ0v) is 16.0. The number of amides is 1. The minimum atomic E-state index is -0.289. The molecule has 1 unspecified atom stereocenters. The van der Waals surface area contributed by atoms with Gasteiger partial charge in [0.05, 0.1) is 0 Å². The molecule has 1 amide bonds. The van der Waals surface area contributed by atoms with Crippen molar-refractivity contribution < 1.29 is 4.79 Å². The lowest BCUT2D eigenvalue weighted by Crippen LogP contribution is -2.34. The predicted octanol–water partition coefficient (Wildman–Crippen LogP) is 3.88. The molecule has 0 N–H and O–H groups in total. The molecule has 1 saturated carbocycles. The van der Waals surface area contributed by atoms with Gasteiger partial charge in [0.2, 0.25) is 5.91 Å². The summed E-state index contributed by atoms with van der Waals surface area (Å²) in [5, 5.41) is 9.38. The fourth-order valence-electron chi connectivity index (χ4n) is 3.02. The molecule has 1 aliphatic carbocycles. The lowest BCUT2D eigenvalue weighted by molar-refractivity contribution is -0.130. The number of carbonyl (C=O) groups is 1.